The van der Waals surface area contributed by atoms with Crippen LogP contribution in [0.3, 0.4) is 0 Å². The SMILES string of the molecule is Cc1ccccc1CCNC(=O)C1=CC=C2C1=CC1=CC12. The summed E-state index contributed by atoms with van der Waals surface area (Å²) in [6.45, 7) is 2.78. The number of amides is 1. The minimum atomic E-state index is 0.0444. The van der Waals surface area contributed by atoms with Crippen LogP contribution in [0, 0.1) is 12.8 Å². The highest BCUT2D eigenvalue weighted by atomic mass is 16.1. The van der Waals surface area contributed by atoms with E-state index in [0.717, 1.165) is 17.6 Å². The number of aryl methyl sites for hydroxylation is 1. The molecule has 4 rings (SSSR count). The molecule has 0 fully saturated rings. The lowest BCUT2D eigenvalue weighted by Crippen LogP contribution is -2.27. The second-order valence-corrected chi connectivity index (χ2v) is 5.84. The summed E-state index contributed by atoms with van der Waals surface area (Å²) in [6, 6.07) is 8.31. The van der Waals surface area contributed by atoms with Crippen LogP contribution in [-0.4, -0.2) is 12.5 Å². The Hall–Kier alpha value is -2.35. The summed E-state index contributed by atoms with van der Waals surface area (Å²) in [5.41, 5.74) is 7.20. The first-order chi connectivity index (χ1) is 10.2. The van der Waals surface area contributed by atoms with Crippen molar-refractivity contribution in [3.63, 3.8) is 0 Å². The lowest BCUT2D eigenvalue weighted by Gasteiger charge is -2.09. The van der Waals surface area contributed by atoms with E-state index in [1.807, 2.05) is 18.2 Å². The molecule has 0 aromatic heterocycles. The van der Waals surface area contributed by atoms with Gasteiger partial charge in [0.1, 0.15) is 0 Å². The van der Waals surface area contributed by atoms with Crippen molar-refractivity contribution in [3.05, 3.63) is 82.0 Å². The smallest absolute Gasteiger partial charge is 0.251 e. The fourth-order valence-electron chi connectivity index (χ4n) is 3.15. The number of benzene rings is 1. The lowest BCUT2D eigenvalue weighted by molar-refractivity contribution is -0.117. The van der Waals surface area contributed by atoms with Crippen molar-refractivity contribution in [2.75, 3.05) is 6.54 Å². The van der Waals surface area contributed by atoms with Crippen LogP contribution in [-0.2, 0) is 11.2 Å². The minimum Gasteiger partial charge on any atom is -0.352 e. The van der Waals surface area contributed by atoms with E-state index < -0.39 is 0 Å². The van der Waals surface area contributed by atoms with Crippen LogP contribution in [0.15, 0.2) is 70.9 Å². The molecule has 2 nitrogen and oxygen atoms in total. The Balaban J connectivity index is 1.36. The molecule has 104 valence electrons. The van der Waals surface area contributed by atoms with Gasteiger partial charge in [0.25, 0.3) is 5.91 Å². The molecular weight excluding hydrogens is 258 g/mol. The average Bonchev–Trinajstić information content (AvgIpc) is 2.96. The molecule has 1 amide bonds. The topological polar surface area (TPSA) is 29.1 Å². The van der Waals surface area contributed by atoms with Crippen molar-refractivity contribution in [1.82, 2.24) is 5.32 Å². The number of fused-ring (bicyclic) bond motifs is 3. The summed E-state index contributed by atoms with van der Waals surface area (Å²) in [4.78, 5) is 12.3. The van der Waals surface area contributed by atoms with E-state index in [9.17, 15) is 4.79 Å². The van der Waals surface area contributed by atoms with Crippen LogP contribution in [0.4, 0.5) is 0 Å². The summed E-state index contributed by atoms with van der Waals surface area (Å²) >= 11 is 0. The molecular formula is C19H17NO. The zero-order valence-electron chi connectivity index (χ0n) is 12.0. The van der Waals surface area contributed by atoms with E-state index in [0.29, 0.717) is 12.5 Å². The number of rotatable bonds is 4. The third kappa shape index (κ3) is 2.07. The van der Waals surface area contributed by atoms with Gasteiger partial charge in [-0.25, -0.2) is 0 Å². The highest BCUT2D eigenvalue weighted by molar-refractivity contribution is 6.02. The Bertz CT molecular complexity index is 762. The summed E-state index contributed by atoms with van der Waals surface area (Å²) in [6.07, 6.45) is 9.30. The highest BCUT2D eigenvalue weighted by Crippen LogP contribution is 2.51. The van der Waals surface area contributed by atoms with E-state index in [1.165, 1.54) is 22.3 Å². The van der Waals surface area contributed by atoms with E-state index in [-0.39, 0.29) is 5.91 Å². The third-order valence-corrected chi connectivity index (χ3v) is 4.47. The van der Waals surface area contributed by atoms with E-state index in [1.54, 1.807) is 0 Å². The number of nitrogens with one attached hydrogen (secondary N) is 1. The van der Waals surface area contributed by atoms with Gasteiger partial charge in [-0.2, -0.15) is 0 Å². The maximum Gasteiger partial charge on any atom is 0.251 e. The van der Waals surface area contributed by atoms with Crippen LogP contribution >= 0.6 is 0 Å². The predicted molar refractivity (Wildman–Crippen MR) is 83.7 cm³/mol. The van der Waals surface area contributed by atoms with E-state index >= 15 is 0 Å². The third-order valence-electron chi connectivity index (χ3n) is 4.47. The molecule has 3 aliphatic carbocycles. The Labute approximate surface area is 124 Å². The monoisotopic (exact) mass is 275 g/mol. The van der Waals surface area contributed by atoms with Crippen LogP contribution in [0.5, 0.6) is 0 Å². The number of allylic oxidation sites excluding steroid dienone is 6. The average molecular weight is 275 g/mol. The largest absolute Gasteiger partial charge is 0.352 e. The molecule has 0 heterocycles. The Morgan fingerprint density at radius 2 is 2.10 bits per heavy atom. The Morgan fingerprint density at radius 3 is 2.95 bits per heavy atom. The first-order valence-electron chi connectivity index (χ1n) is 7.43. The predicted octanol–water partition coefficient (Wildman–Crippen LogP) is 3.02. The molecule has 0 spiro atoms. The molecule has 21 heavy (non-hydrogen) atoms. The summed E-state index contributed by atoms with van der Waals surface area (Å²) in [7, 11) is 0. The first kappa shape index (κ1) is 12.4. The van der Waals surface area contributed by atoms with Gasteiger partial charge in [-0.05, 0) is 53.3 Å². The van der Waals surface area contributed by atoms with Gasteiger partial charge >= 0.3 is 0 Å². The fraction of sp³-hybridized carbons (Fsp3) is 0.211. The zero-order valence-corrected chi connectivity index (χ0v) is 12.0. The molecule has 1 aromatic carbocycles. The normalized spacial score (nSPS) is 20.9. The molecule has 0 bridgehead atoms. The van der Waals surface area contributed by atoms with E-state index in [4.69, 9.17) is 0 Å². The van der Waals surface area contributed by atoms with Gasteiger partial charge in [-0.3, -0.25) is 4.79 Å². The van der Waals surface area contributed by atoms with E-state index in [2.05, 4.69) is 42.6 Å². The van der Waals surface area contributed by atoms with Gasteiger partial charge in [0.05, 0.1) is 0 Å². The molecule has 2 heteroatoms. The Morgan fingerprint density at radius 1 is 1.24 bits per heavy atom. The summed E-state index contributed by atoms with van der Waals surface area (Å²) in [5.74, 6) is 0.552. The summed E-state index contributed by atoms with van der Waals surface area (Å²) in [5, 5.41) is 3.04. The van der Waals surface area contributed by atoms with Gasteiger partial charge in [-0.1, -0.05) is 36.4 Å². The maximum atomic E-state index is 12.3. The highest BCUT2D eigenvalue weighted by Gasteiger charge is 2.39. The van der Waals surface area contributed by atoms with Gasteiger partial charge in [0, 0.05) is 18.0 Å². The van der Waals surface area contributed by atoms with Crippen LogP contribution < -0.4 is 5.32 Å². The maximum absolute atomic E-state index is 12.3. The van der Waals surface area contributed by atoms with Crippen LogP contribution in [0.25, 0.3) is 0 Å². The van der Waals surface area contributed by atoms with Crippen LogP contribution in [0.1, 0.15) is 11.1 Å². The van der Waals surface area contributed by atoms with Crippen molar-refractivity contribution in [3.8, 4) is 0 Å². The molecule has 3 aliphatic rings. The van der Waals surface area contributed by atoms with Crippen LogP contribution in [0.2, 0.25) is 0 Å². The molecule has 1 atom stereocenters. The standard InChI is InChI=1S/C19H17NO/c1-12-4-2-3-5-13(12)8-9-20-19(21)16-7-6-15-17-10-14(17)11-18(15)16/h2-7,10-11,17H,8-9H2,1H3,(H,20,21). The minimum absolute atomic E-state index is 0.0444. The Kier molecular flexibility index (Phi) is 2.71. The molecule has 1 aromatic rings. The number of hydrogen-bond donors (Lipinski definition) is 1. The zero-order chi connectivity index (χ0) is 14.4. The molecule has 0 aliphatic heterocycles. The van der Waals surface area contributed by atoms with Crippen molar-refractivity contribution in [2.45, 2.75) is 13.3 Å². The van der Waals surface area contributed by atoms with Gasteiger partial charge in [0.15, 0.2) is 0 Å². The second kappa shape index (κ2) is 4.59. The van der Waals surface area contributed by atoms with Crippen molar-refractivity contribution in [2.24, 2.45) is 5.92 Å². The first-order valence-corrected chi connectivity index (χ1v) is 7.43. The van der Waals surface area contributed by atoms with Gasteiger partial charge in [-0.15, -0.1) is 0 Å². The summed E-state index contributed by atoms with van der Waals surface area (Å²) < 4.78 is 0. The van der Waals surface area contributed by atoms with Gasteiger partial charge < -0.3 is 5.32 Å². The van der Waals surface area contributed by atoms with Crippen molar-refractivity contribution < 1.29 is 4.79 Å². The number of carbonyl (C=O) groups is 1. The second-order valence-electron chi connectivity index (χ2n) is 5.84. The van der Waals surface area contributed by atoms with Gasteiger partial charge in [0.2, 0.25) is 0 Å². The quantitative estimate of drug-likeness (QED) is 0.899. The number of hydrogen-bond acceptors (Lipinski definition) is 1. The number of carbonyl (C=O) groups excluding carboxylic acids is 1. The molecule has 0 saturated carbocycles. The molecule has 0 saturated heterocycles. The molecule has 1 N–H and O–H groups in total. The van der Waals surface area contributed by atoms with Crippen molar-refractivity contribution in [1.29, 1.82) is 0 Å². The molecule has 0 radical (unpaired) electrons. The van der Waals surface area contributed by atoms with Crippen molar-refractivity contribution >= 4 is 5.91 Å². The molecule has 1 unspecified atom stereocenters. The fourth-order valence-corrected chi connectivity index (χ4v) is 3.15. The lowest BCUT2D eigenvalue weighted by atomic mass is 10.0.